The van der Waals surface area contributed by atoms with Crippen molar-refractivity contribution < 1.29 is 23.6 Å². The fourth-order valence-corrected chi connectivity index (χ4v) is 3.11. The molecule has 0 aliphatic heterocycles. The van der Waals surface area contributed by atoms with E-state index in [1.807, 2.05) is 20.8 Å². The number of nitrogens with zero attached hydrogens (tertiary/aromatic N) is 1. The Hall–Kier alpha value is -3.16. The second kappa shape index (κ2) is 9.56. The highest BCUT2D eigenvalue weighted by molar-refractivity contribution is 5.99. The molecule has 1 atom stereocenters. The van der Waals surface area contributed by atoms with Crippen LogP contribution >= 0.6 is 0 Å². The maximum absolute atomic E-state index is 13.4. The smallest absolute Gasteiger partial charge is 0.286 e. The molecule has 0 aromatic heterocycles. The number of nitro groups is 1. The lowest BCUT2D eigenvalue weighted by atomic mass is 9.85. The van der Waals surface area contributed by atoms with Gasteiger partial charge < -0.3 is 14.8 Å². The molecule has 30 heavy (non-hydrogen) atoms. The number of hydrogen-bond acceptors (Lipinski definition) is 5. The molecule has 0 aliphatic carbocycles. The van der Waals surface area contributed by atoms with Gasteiger partial charge in [-0.05, 0) is 36.5 Å². The van der Waals surface area contributed by atoms with Gasteiger partial charge in [-0.15, -0.1) is 0 Å². The third-order valence-corrected chi connectivity index (χ3v) is 4.42. The summed E-state index contributed by atoms with van der Waals surface area (Å²) in [5.41, 5.74) is 0.0295. The summed E-state index contributed by atoms with van der Waals surface area (Å²) in [5, 5.41) is 14.4. The molecule has 0 heterocycles. The molecule has 2 aromatic rings. The first kappa shape index (κ1) is 23.1. The van der Waals surface area contributed by atoms with E-state index >= 15 is 0 Å². The highest BCUT2D eigenvalue weighted by atomic mass is 19.1. The van der Waals surface area contributed by atoms with E-state index in [1.54, 1.807) is 19.1 Å². The number of amides is 1. The summed E-state index contributed by atoms with van der Waals surface area (Å²) in [5.74, 6) is -0.592. The first-order chi connectivity index (χ1) is 14.1. The molecule has 0 bridgehead atoms. The number of rotatable bonds is 8. The van der Waals surface area contributed by atoms with Crippen LogP contribution in [-0.4, -0.2) is 24.5 Å². The van der Waals surface area contributed by atoms with Crippen LogP contribution in [0.15, 0.2) is 36.4 Å². The molecule has 1 N–H and O–H groups in total. The molecule has 8 heteroatoms. The third-order valence-electron chi connectivity index (χ3n) is 4.42. The Morgan fingerprint density at radius 2 is 1.83 bits per heavy atom. The van der Waals surface area contributed by atoms with Crippen LogP contribution in [0.4, 0.5) is 10.1 Å². The van der Waals surface area contributed by atoms with Crippen molar-refractivity contribution in [3.05, 3.63) is 63.5 Å². The van der Waals surface area contributed by atoms with Gasteiger partial charge in [0.15, 0.2) is 11.5 Å². The molecule has 1 amide bonds. The number of benzene rings is 2. The average Bonchev–Trinajstić information content (AvgIpc) is 2.66. The number of hydrogen-bond donors (Lipinski definition) is 1. The predicted octanol–water partition coefficient (Wildman–Crippen LogP) is 5.05. The molecule has 162 valence electrons. The van der Waals surface area contributed by atoms with Gasteiger partial charge in [0.25, 0.3) is 11.6 Å². The summed E-state index contributed by atoms with van der Waals surface area (Å²) in [4.78, 5) is 24.0. The Morgan fingerprint density at radius 3 is 2.33 bits per heavy atom. The van der Waals surface area contributed by atoms with Crippen LogP contribution in [0, 0.1) is 21.3 Å². The van der Waals surface area contributed by atoms with Crippen LogP contribution in [-0.2, 0) is 0 Å². The molecule has 7 nitrogen and oxygen atoms in total. The predicted molar refractivity (Wildman–Crippen MR) is 111 cm³/mol. The van der Waals surface area contributed by atoms with Crippen molar-refractivity contribution in [1.29, 1.82) is 0 Å². The fraction of sp³-hybridized carbons (Fsp3) is 0.409. The third kappa shape index (κ3) is 5.92. The van der Waals surface area contributed by atoms with E-state index in [0.29, 0.717) is 18.6 Å². The second-order valence-electron chi connectivity index (χ2n) is 8.05. The van der Waals surface area contributed by atoms with Gasteiger partial charge in [0.2, 0.25) is 0 Å². The van der Waals surface area contributed by atoms with Crippen molar-refractivity contribution in [3.63, 3.8) is 0 Å². The normalized spacial score (nSPS) is 12.2. The van der Waals surface area contributed by atoms with Crippen LogP contribution in [0.25, 0.3) is 0 Å². The highest BCUT2D eigenvalue weighted by Gasteiger charge is 2.28. The monoisotopic (exact) mass is 418 g/mol. The zero-order chi connectivity index (χ0) is 22.5. The maximum Gasteiger partial charge on any atom is 0.286 e. The van der Waals surface area contributed by atoms with E-state index in [1.165, 1.54) is 31.4 Å². The number of nitro benzene ring substituents is 1. The number of carbonyl (C=O) groups excluding carboxylic acids is 1. The second-order valence-corrected chi connectivity index (χ2v) is 8.05. The summed E-state index contributed by atoms with van der Waals surface area (Å²) < 4.78 is 24.0. The molecule has 2 rings (SSSR count). The first-order valence-corrected chi connectivity index (χ1v) is 9.61. The number of halogens is 1. The molecule has 0 saturated carbocycles. The molecule has 1 unspecified atom stereocenters. The SMILES string of the molecule is CCOc1cc(C(=O)NC(CC(C)(C)C)c2ccc(F)cc2)c([N+](=O)[O-])cc1OC. The van der Waals surface area contributed by atoms with Gasteiger partial charge in [0.05, 0.1) is 30.7 Å². The van der Waals surface area contributed by atoms with Crippen molar-refractivity contribution in [2.75, 3.05) is 13.7 Å². The molecule has 0 aliphatic rings. The molecule has 0 spiro atoms. The Balaban J connectivity index is 2.46. The molecule has 0 saturated heterocycles. The van der Waals surface area contributed by atoms with Gasteiger partial charge in [0, 0.05) is 6.07 Å². The van der Waals surface area contributed by atoms with E-state index in [9.17, 15) is 19.3 Å². The lowest BCUT2D eigenvalue weighted by Gasteiger charge is -2.27. The summed E-state index contributed by atoms with van der Waals surface area (Å²) >= 11 is 0. The van der Waals surface area contributed by atoms with E-state index in [2.05, 4.69) is 5.32 Å². The number of carbonyl (C=O) groups is 1. The minimum absolute atomic E-state index is 0.134. The number of methoxy groups -OCH3 is 1. The quantitative estimate of drug-likeness (QED) is 0.479. The zero-order valence-electron chi connectivity index (χ0n) is 17.8. The molecule has 0 radical (unpaired) electrons. The van der Waals surface area contributed by atoms with Crippen LogP contribution in [0.1, 0.15) is 56.1 Å². The van der Waals surface area contributed by atoms with Crippen molar-refractivity contribution in [2.24, 2.45) is 5.41 Å². The van der Waals surface area contributed by atoms with E-state index in [0.717, 1.165) is 0 Å². The highest BCUT2D eigenvalue weighted by Crippen LogP contribution is 2.36. The Morgan fingerprint density at radius 1 is 1.20 bits per heavy atom. The molecule has 0 fully saturated rings. The van der Waals surface area contributed by atoms with Gasteiger partial charge in [-0.3, -0.25) is 14.9 Å². The van der Waals surface area contributed by atoms with Crippen LogP contribution in [0.3, 0.4) is 0 Å². The fourth-order valence-electron chi connectivity index (χ4n) is 3.11. The lowest BCUT2D eigenvalue weighted by Crippen LogP contribution is -2.31. The van der Waals surface area contributed by atoms with Gasteiger partial charge >= 0.3 is 0 Å². The van der Waals surface area contributed by atoms with Gasteiger partial charge in [0.1, 0.15) is 11.4 Å². The largest absolute Gasteiger partial charge is 0.493 e. The minimum atomic E-state index is -0.635. The van der Waals surface area contributed by atoms with E-state index in [4.69, 9.17) is 9.47 Å². The zero-order valence-corrected chi connectivity index (χ0v) is 17.8. The van der Waals surface area contributed by atoms with Crippen molar-refractivity contribution in [1.82, 2.24) is 5.32 Å². The minimum Gasteiger partial charge on any atom is -0.493 e. The maximum atomic E-state index is 13.4. The number of ether oxygens (including phenoxy) is 2. The van der Waals surface area contributed by atoms with Crippen LogP contribution in [0.5, 0.6) is 11.5 Å². The summed E-state index contributed by atoms with van der Waals surface area (Å²) in [6.07, 6.45) is 0.548. The van der Waals surface area contributed by atoms with Crippen LogP contribution in [0.2, 0.25) is 0 Å². The number of nitrogens with one attached hydrogen (secondary N) is 1. The Labute approximate surface area is 175 Å². The van der Waals surface area contributed by atoms with E-state index < -0.39 is 16.9 Å². The Bertz CT molecular complexity index is 907. The molecular weight excluding hydrogens is 391 g/mol. The van der Waals surface area contributed by atoms with Gasteiger partial charge in [-0.1, -0.05) is 32.9 Å². The van der Waals surface area contributed by atoms with Crippen molar-refractivity contribution >= 4 is 11.6 Å². The summed E-state index contributed by atoms with van der Waals surface area (Å²) in [6, 6.07) is 7.86. The Kier molecular flexibility index (Phi) is 7.37. The standard InChI is InChI=1S/C22H27FN2O5/c1-6-30-20-11-16(18(25(27)28)12-19(20)29-5)21(26)24-17(13-22(2,3)4)14-7-9-15(23)10-8-14/h7-12,17H,6,13H2,1-5H3,(H,24,26). The van der Waals surface area contributed by atoms with E-state index in [-0.39, 0.29) is 34.0 Å². The molecular formula is C22H27FN2O5. The topological polar surface area (TPSA) is 90.7 Å². The van der Waals surface area contributed by atoms with Gasteiger partial charge in [-0.2, -0.15) is 0 Å². The first-order valence-electron chi connectivity index (χ1n) is 9.61. The van der Waals surface area contributed by atoms with Crippen molar-refractivity contribution in [3.8, 4) is 11.5 Å². The lowest BCUT2D eigenvalue weighted by molar-refractivity contribution is -0.385. The summed E-state index contributed by atoms with van der Waals surface area (Å²) in [7, 11) is 1.37. The molecule has 2 aromatic carbocycles. The average molecular weight is 418 g/mol. The van der Waals surface area contributed by atoms with Crippen LogP contribution < -0.4 is 14.8 Å². The van der Waals surface area contributed by atoms with Gasteiger partial charge in [-0.25, -0.2) is 4.39 Å². The summed E-state index contributed by atoms with van der Waals surface area (Å²) in [6.45, 7) is 8.10. The van der Waals surface area contributed by atoms with Crippen molar-refractivity contribution in [2.45, 2.75) is 40.2 Å².